The molecule has 0 fully saturated rings. The van der Waals surface area contributed by atoms with Crippen LogP contribution in [0.4, 0.5) is 4.79 Å². The van der Waals surface area contributed by atoms with Crippen LogP contribution in [0.1, 0.15) is 12.5 Å². The van der Waals surface area contributed by atoms with Crippen molar-refractivity contribution < 1.29 is 9.59 Å². The molecule has 0 heterocycles. The molecule has 124 valence electrons. The normalized spacial score (nSPS) is 9.95. The van der Waals surface area contributed by atoms with Gasteiger partial charge >= 0.3 is 6.03 Å². The lowest BCUT2D eigenvalue weighted by atomic mass is 10.1. The second kappa shape index (κ2) is 12.0. The van der Waals surface area contributed by atoms with Gasteiger partial charge in [-0.25, -0.2) is 4.79 Å². The highest BCUT2D eigenvalue weighted by atomic mass is 35.5. The van der Waals surface area contributed by atoms with E-state index in [2.05, 4.69) is 22.8 Å². The number of rotatable bonds is 8. The standard InChI is InChI=1S/C15H24N4O2.ClH/c1-2-17-15(21)18-14(20)12-19(11-9-16)10-8-13-6-4-3-5-7-13;/h3-7H,2,8-12,16H2,1H3,(H2,17,18,20,21);1H. The fourth-order valence-corrected chi connectivity index (χ4v) is 1.96. The largest absolute Gasteiger partial charge is 0.338 e. The van der Waals surface area contributed by atoms with Crippen LogP contribution in [-0.4, -0.2) is 49.6 Å². The first-order valence-corrected chi connectivity index (χ1v) is 7.19. The Morgan fingerprint density at radius 2 is 1.86 bits per heavy atom. The molecule has 1 aromatic rings. The van der Waals surface area contributed by atoms with Gasteiger partial charge in [0.2, 0.25) is 5.91 Å². The average molecular weight is 329 g/mol. The van der Waals surface area contributed by atoms with Crippen molar-refractivity contribution in [2.24, 2.45) is 5.73 Å². The van der Waals surface area contributed by atoms with E-state index in [0.717, 1.165) is 13.0 Å². The lowest BCUT2D eigenvalue weighted by molar-refractivity contribution is -0.121. The number of nitrogens with zero attached hydrogens (tertiary/aromatic N) is 1. The van der Waals surface area contributed by atoms with Crippen LogP contribution in [0.5, 0.6) is 0 Å². The summed E-state index contributed by atoms with van der Waals surface area (Å²) in [5.74, 6) is -0.317. The van der Waals surface area contributed by atoms with E-state index < -0.39 is 6.03 Å². The quantitative estimate of drug-likeness (QED) is 0.657. The highest BCUT2D eigenvalue weighted by Gasteiger charge is 2.12. The molecule has 0 spiro atoms. The van der Waals surface area contributed by atoms with E-state index >= 15 is 0 Å². The Labute approximate surface area is 137 Å². The van der Waals surface area contributed by atoms with Gasteiger partial charge in [0.25, 0.3) is 0 Å². The predicted molar refractivity (Wildman–Crippen MR) is 90.1 cm³/mol. The SMILES string of the molecule is CCNC(=O)NC(=O)CN(CCN)CCc1ccccc1.Cl. The molecule has 0 bridgehead atoms. The van der Waals surface area contributed by atoms with E-state index in [0.29, 0.717) is 19.6 Å². The van der Waals surface area contributed by atoms with Crippen LogP contribution in [-0.2, 0) is 11.2 Å². The molecule has 0 atom stereocenters. The minimum atomic E-state index is -0.460. The first-order chi connectivity index (χ1) is 10.2. The number of amides is 3. The molecule has 22 heavy (non-hydrogen) atoms. The molecule has 0 aliphatic heterocycles. The first-order valence-electron chi connectivity index (χ1n) is 7.19. The molecule has 6 nitrogen and oxygen atoms in total. The number of urea groups is 1. The van der Waals surface area contributed by atoms with Crippen molar-refractivity contribution in [3.05, 3.63) is 35.9 Å². The third-order valence-corrected chi connectivity index (χ3v) is 2.96. The Morgan fingerprint density at radius 1 is 1.18 bits per heavy atom. The van der Waals surface area contributed by atoms with E-state index in [9.17, 15) is 9.59 Å². The molecule has 4 N–H and O–H groups in total. The molecular weight excluding hydrogens is 304 g/mol. The summed E-state index contributed by atoms with van der Waals surface area (Å²) in [6.07, 6.45) is 0.843. The third-order valence-electron chi connectivity index (χ3n) is 2.96. The Kier molecular flexibility index (Phi) is 11.1. The van der Waals surface area contributed by atoms with Crippen LogP contribution in [0.15, 0.2) is 30.3 Å². The smallest absolute Gasteiger partial charge is 0.321 e. The lowest BCUT2D eigenvalue weighted by Gasteiger charge is -2.20. The van der Waals surface area contributed by atoms with E-state index in [1.165, 1.54) is 5.56 Å². The molecule has 1 rings (SSSR count). The van der Waals surface area contributed by atoms with Crippen LogP contribution < -0.4 is 16.4 Å². The predicted octanol–water partition coefficient (Wildman–Crippen LogP) is 0.757. The van der Waals surface area contributed by atoms with Gasteiger partial charge in [0.15, 0.2) is 0 Å². The average Bonchev–Trinajstić information content (AvgIpc) is 2.46. The highest BCUT2D eigenvalue weighted by molar-refractivity contribution is 5.95. The zero-order chi connectivity index (χ0) is 15.5. The summed E-state index contributed by atoms with van der Waals surface area (Å²) in [6, 6.07) is 9.60. The van der Waals surface area contributed by atoms with Crippen LogP contribution in [0, 0.1) is 0 Å². The summed E-state index contributed by atoms with van der Waals surface area (Å²) < 4.78 is 0. The maximum atomic E-state index is 11.8. The summed E-state index contributed by atoms with van der Waals surface area (Å²) in [4.78, 5) is 25.0. The molecule has 0 aromatic heterocycles. The molecule has 0 saturated heterocycles. The van der Waals surface area contributed by atoms with Gasteiger partial charge in [0.05, 0.1) is 6.54 Å². The third kappa shape index (κ3) is 8.61. The van der Waals surface area contributed by atoms with Crippen LogP contribution >= 0.6 is 12.4 Å². The van der Waals surface area contributed by atoms with Gasteiger partial charge in [-0.05, 0) is 18.9 Å². The van der Waals surface area contributed by atoms with Gasteiger partial charge in [0, 0.05) is 26.2 Å². The van der Waals surface area contributed by atoms with Gasteiger partial charge in [-0.2, -0.15) is 0 Å². The second-order valence-electron chi connectivity index (χ2n) is 4.71. The highest BCUT2D eigenvalue weighted by Crippen LogP contribution is 2.01. The van der Waals surface area contributed by atoms with Crippen molar-refractivity contribution >= 4 is 24.3 Å². The number of benzene rings is 1. The van der Waals surface area contributed by atoms with Crippen molar-refractivity contribution in [3.63, 3.8) is 0 Å². The number of nitrogens with two attached hydrogens (primary N) is 1. The summed E-state index contributed by atoms with van der Waals surface area (Å²) >= 11 is 0. The number of carbonyl (C=O) groups excluding carboxylic acids is 2. The van der Waals surface area contributed by atoms with Crippen molar-refractivity contribution in [2.75, 3.05) is 32.7 Å². The number of carbonyl (C=O) groups is 2. The van der Waals surface area contributed by atoms with Crippen molar-refractivity contribution in [1.29, 1.82) is 0 Å². The molecule has 1 aromatic carbocycles. The van der Waals surface area contributed by atoms with E-state index in [1.54, 1.807) is 6.92 Å². The van der Waals surface area contributed by atoms with Crippen molar-refractivity contribution in [2.45, 2.75) is 13.3 Å². The Morgan fingerprint density at radius 3 is 2.45 bits per heavy atom. The maximum Gasteiger partial charge on any atom is 0.321 e. The summed E-state index contributed by atoms with van der Waals surface area (Å²) in [5, 5.41) is 4.82. The zero-order valence-electron chi connectivity index (χ0n) is 12.9. The molecule has 0 saturated carbocycles. The maximum absolute atomic E-state index is 11.8. The molecule has 0 aliphatic rings. The molecule has 7 heteroatoms. The minimum absolute atomic E-state index is 0. The van der Waals surface area contributed by atoms with Gasteiger partial charge < -0.3 is 11.1 Å². The Bertz CT molecular complexity index is 442. The molecule has 0 radical (unpaired) electrons. The van der Waals surface area contributed by atoms with Gasteiger partial charge in [0.1, 0.15) is 0 Å². The van der Waals surface area contributed by atoms with E-state index in [1.807, 2.05) is 23.1 Å². The number of nitrogens with one attached hydrogen (secondary N) is 2. The Hall–Kier alpha value is -1.63. The van der Waals surface area contributed by atoms with E-state index in [4.69, 9.17) is 5.73 Å². The molecular formula is C15H25ClN4O2. The minimum Gasteiger partial charge on any atom is -0.338 e. The Balaban J connectivity index is 0.00000441. The molecule has 3 amide bonds. The van der Waals surface area contributed by atoms with Crippen molar-refractivity contribution in [3.8, 4) is 0 Å². The van der Waals surface area contributed by atoms with Crippen LogP contribution in [0.25, 0.3) is 0 Å². The fourth-order valence-electron chi connectivity index (χ4n) is 1.96. The first kappa shape index (κ1) is 20.4. The van der Waals surface area contributed by atoms with Crippen LogP contribution in [0.3, 0.4) is 0 Å². The topological polar surface area (TPSA) is 87.5 Å². The van der Waals surface area contributed by atoms with Crippen molar-refractivity contribution in [1.82, 2.24) is 15.5 Å². The number of imide groups is 1. The second-order valence-corrected chi connectivity index (χ2v) is 4.71. The number of hydrogen-bond donors (Lipinski definition) is 3. The fraction of sp³-hybridized carbons (Fsp3) is 0.467. The van der Waals surface area contributed by atoms with Gasteiger partial charge in [-0.1, -0.05) is 30.3 Å². The summed E-state index contributed by atoms with van der Waals surface area (Å²) in [7, 11) is 0. The molecule has 0 unspecified atom stereocenters. The summed E-state index contributed by atoms with van der Waals surface area (Å²) in [5.41, 5.74) is 6.78. The monoisotopic (exact) mass is 328 g/mol. The number of hydrogen-bond acceptors (Lipinski definition) is 4. The van der Waals surface area contributed by atoms with Gasteiger partial charge in [-0.3, -0.25) is 15.0 Å². The van der Waals surface area contributed by atoms with Crippen LogP contribution in [0.2, 0.25) is 0 Å². The number of halogens is 1. The van der Waals surface area contributed by atoms with Gasteiger partial charge in [-0.15, -0.1) is 12.4 Å². The zero-order valence-corrected chi connectivity index (χ0v) is 13.7. The van der Waals surface area contributed by atoms with E-state index in [-0.39, 0.29) is 24.9 Å². The summed E-state index contributed by atoms with van der Waals surface area (Å²) in [6.45, 7) is 4.27. The molecule has 0 aliphatic carbocycles. The lowest BCUT2D eigenvalue weighted by Crippen LogP contribution is -2.45.